The van der Waals surface area contributed by atoms with E-state index in [9.17, 15) is 13.2 Å². The lowest BCUT2D eigenvalue weighted by atomic mass is 10.2. The first-order valence-electron chi connectivity index (χ1n) is 7.60. The number of benzene rings is 2. The molecule has 0 amide bonds. The van der Waals surface area contributed by atoms with Crippen molar-refractivity contribution in [1.82, 2.24) is 9.97 Å². The summed E-state index contributed by atoms with van der Waals surface area (Å²) in [5.41, 5.74) is 0.245. The molecule has 0 aliphatic heterocycles. The highest BCUT2D eigenvalue weighted by atomic mass is 35.5. The molecule has 8 heteroatoms. The molecule has 1 aromatic heterocycles. The molecule has 0 radical (unpaired) electrons. The number of hydrogen-bond donors (Lipinski definition) is 1. The Bertz CT molecular complexity index is 883. The fourth-order valence-electron chi connectivity index (χ4n) is 2.27. The van der Waals surface area contributed by atoms with E-state index in [0.717, 1.165) is 11.9 Å². The average Bonchev–Trinajstić information content (AvgIpc) is 2.63. The highest BCUT2D eigenvalue weighted by molar-refractivity contribution is 6.30. The summed E-state index contributed by atoms with van der Waals surface area (Å²) < 4.78 is 39.9. The van der Waals surface area contributed by atoms with E-state index >= 15 is 0 Å². The van der Waals surface area contributed by atoms with Crippen LogP contribution in [0.1, 0.15) is 5.56 Å². The molecule has 0 fully saturated rings. The van der Waals surface area contributed by atoms with Gasteiger partial charge >= 0.3 is 6.18 Å². The minimum Gasteiger partial charge on any atom is -0.340 e. The molecule has 2 aromatic carbocycles. The first-order valence-corrected chi connectivity index (χ1v) is 7.98. The number of rotatable bonds is 4. The molecule has 0 aliphatic rings. The predicted octanol–water partition coefficient (Wildman–Crippen LogP) is 5.66. The van der Waals surface area contributed by atoms with E-state index in [0.29, 0.717) is 10.7 Å². The second-order valence-corrected chi connectivity index (χ2v) is 5.89. The van der Waals surface area contributed by atoms with Crippen LogP contribution in [0.5, 0.6) is 0 Å². The van der Waals surface area contributed by atoms with Gasteiger partial charge in [0.25, 0.3) is 0 Å². The Morgan fingerprint density at radius 3 is 2.27 bits per heavy atom. The molecule has 4 nitrogen and oxygen atoms in total. The maximum Gasteiger partial charge on any atom is 0.421 e. The Morgan fingerprint density at radius 1 is 1.00 bits per heavy atom. The minimum absolute atomic E-state index is 0.140. The molecule has 0 atom stereocenters. The molecular formula is C18H14ClF3N4. The van der Waals surface area contributed by atoms with Gasteiger partial charge in [-0.05, 0) is 36.4 Å². The van der Waals surface area contributed by atoms with Crippen LogP contribution in [-0.4, -0.2) is 17.0 Å². The summed E-state index contributed by atoms with van der Waals surface area (Å²) in [5.74, 6) is -0.187. The van der Waals surface area contributed by atoms with Gasteiger partial charge in [-0.3, -0.25) is 0 Å². The standard InChI is InChI=1S/C18H14ClF3N4/c1-26(14-5-3-2-4-6-14)17-23-11-15(18(20,21)22)16(25-17)24-13-9-7-12(19)8-10-13/h2-11H,1H3,(H,23,24,25). The number of aromatic nitrogens is 2. The second kappa shape index (κ2) is 7.21. The van der Waals surface area contributed by atoms with Crippen LogP contribution in [0.25, 0.3) is 0 Å². The molecule has 1 N–H and O–H groups in total. The number of halogens is 4. The lowest BCUT2D eigenvalue weighted by molar-refractivity contribution is -0.137. The third-order valence-electron chi connectivity index (χ3n) is 3.63. The molecule has 134 valence electrons. The summed E-state index contributed by atoms with van der Waals surface area (Å²) >= 11 is 5.81. The van der Waals surface area contributed by atoms with Crippen molar-refractivity contribution in [2.75, 3.05) is 17.3 Å². The smallest absolute Gasteiger partial charge is 0.340 e. The zero-order valence-electron chi connectivity index (χ0n) is 13.6. The Balaban J connectivity index is 2.00. The minimum atomic E-state index is -4.58. The van der Waals surface area contributed by atoms with Crippen LogP contribution in [0.2, 0.25) is 5.02 Å². The number of para-hydroxylation sites is 1. The van der Waals surface area contributed by atoms with Gasteiger partial charge in [0.05, 0.1) is 0 Å². The Labute approximate surface area is 153 Å². The molecule has 0 bridgehead atoms. The van der Waals surface area contributed by atoms with Gasteiger partial charge in [-0.1, -0.05) is 29.8 Å². The normalized spacial score (nSPS) is 11.3. The van der Waals surface area contributed by atoms with Gasteiger partial charge in [-0.25, -0.2) is 4.98 Å². The summed E-state index contributed by atoms with van der Waals surface area (Å²) in [6.45, 7) is 0. The molecule has 3 rings (SSSR count). The van der Waals surface area contributed by atoms with Crippen molar-refractivity contribution in [2.24, 2.45) is 0 Å². The number of hydrogen-bond acceptors (Lipinski definition) is 4. The van der Waals surface area contributed by atoms with Crippen molar-refractivity contribution in [1.29, 1.82) is 0 Å². The summed E-state index contributed by atoms with van der Waals surface area (Å²) in [7, 11) is 1.68. The third-order valence-corrected chi connectivity index (χ3v) is 3.88. The van der Waals surface area contributed by atoms with E-state index in [1.807, 2.05) is 30.3 Å². The summed E-state index contributed by atoms with van der Waals surface area (Å²) in [6.07, 6.45) is -3.81. The zero-order chi connectivity index (χ0) is 18.7. The average molecular weight is 379 g/mol. The zero-order valence-corrected chi connectivity index (χ0v) is 14.4. The van der Waals surface area contributed by atoms with E-state index in [-0.39, 0.29) is 11.8 Å². The summed E-state index contributed by atoms with van der Waals surface area (Å²) in [6, 6.07) is 15.4. The van der Waals surface area contributed by atoms with Crippen LogP contribution in [-0.2, 0) is 6.18 Å². The largest absolute Gasteiger partial charge is 0.421 e. The predicted molar refractivity (Wildman–Crippen MR) is 96.3 cm³/mol. The van der Waals surface area contributed by atoms with Crippen LogP contribution in [0.4, 0.5) is 36.3 Å². The van der Waals surface area contributed by atoms with E-state index in [1.54, 1.807) is 36.2 Å². The highest BCUT2D eigenvalue weighted by Gasteiger charge is 2.35. The molecule has 26 heavy (non-hydrogen) atoms. The van der Waals surface area contributed by atoms with Crippen LogP contribution in [0, 0.1) is 0 Å². The van der Waals surface area contributed by atoms with Gasteiger partial charge in [-0.2, -0.15) is 18.2 Å². The van der Waals surface area contributed by atoms with Crippen molar-refractivity contribution < 1.29 is 13.2 Å². The highest BCUT2D eigenvalue weighted by Crippen LogP contribution is 2.36. The number of nitrogens with one attached hydrogen (secondary N) is 1. The quantitative estimate of drug-likeness (QED) is 0.636. The SMILES string of the molecule is CN(c1ccccc1)c1ncc(C(F)(F)F)c(Nc2ccc(Cl)cc2)n1. The van der Waals surface area contributed by atoms with Crippen molar-refractivity contribution in [2.45, 2.75) is 6.18 Å². The molecular weight excluding hydrogens is 365 g/mol. The topological polar surface area (TPSA) is 41.1 Å². The van der Waals surface area contributed by atoms with E-state index in [2.05, 4.69) is 15.3 Å². The number of nitrogens with zero attached hydrogens (tertiary/aromatic N) is 3. The van der Waals surface area contributed by atoms with E-state index in [4.69, 9.17) is 11.6 Å². The van der Waals surface area contributed by atoms with Gasteiger partial charge in [0.15, 0.2) is 0 Å². The lowest BCUT2D eigenvalue weighted by Gasteiger charge is -2.20. The van der Waals surface area contributed by atoms with E-state index < -0.39 is 11.7 Å². The van der Waals surface area contributed by atoms with Gasteiger partial charge in [0.1, 0.15) is 11.4 Å². The monoisotopic (exact) mass is 378 g/mol. The first-order chi connectivity index (χ1) is 12.3. The van der Waals surface area contributed by atoms with Crippen LogP contribution in [0.15, 0.2) is 60.8 Å². The Hall–Kier alpha value is -2.80. The Morgan fingerprint density at radius 2 is 1.65 bits per heavy atom. The van der Waals surface area contributed by atoms with Crippen LogP contribution < -0.4 is 10.2 Å². The number of anilines is 4. The molecule has 1 heterocycles. The summed E-state index contributed by atoms with van der Waals surface area (Å²) in [5, 5.41) is 3.18. The van der Waals surface area contributed by atoms with Gasteiger partial charge < -0.3 is 10.2 Å². The third kappa shape index (κ3) is 4.05. The van der Waals surface area contributed by atoms with E-state index in [1.165, 1.54) is 0 Å². The van der Waals surface area contributed by atoms with Gasteiger partial charge in [0, 0.05) is 29.6 Å². The van der Waals surface area contributed by atoms with Crippen molar-refractivity contribution in [3.63, 3.8) is 0 Å². The molecule has 0 spiro atoms. The maximum absolute atomic E-state index is 13.3. The molecule has 0 saturated carbocycles. The van der Waals surface area contributed by atoms with Crippen molar-refractivity contribution >= 4 is 34.7 Å². The van der Waals surface area contributed by atoms with Crippen LogP contribution >= 0.6 is 11.6 Å². The van der Waals surface area contributed by atoms with Gasteiger partial charge in [-0.15, -0.1) is 0 Å². The molecule has 0 saturated heterocycles. The summed E-state index contributed by atoms with van der Waals surface area (Å²) in [4.78, 5) is 9.56. The second-order valence-electron chi connectivity index (χ2n) is 5.46. The molecule has 3 aromatic rings. The van der Waals surface area contributed by atoms with Crippen LogP contribution in [0.3, 0.4) is 0 Å². The van der Waals surface area contributed by atoms with Gasteiger partial charge in [0.2, 0.25) is 5.95 Å². The Kier molecular flexibility index (Phi) is 4.99. The molecule has 0 aliphatic carbocycles. The number of alkyl halides is 3. The maximum atomic E-state index is 13.3. The van der Waals surface area contributed by atoms with Crippen molar-refractivity contribution in [3.8, 4) is 0 Å². The fraction of sp³-hybridized carbons (Fsp3) is 0.111. The molecule has 0 unspecified atom stereocenters. The lowest BCUT2D eigenvalue weighted by Crippen LogP contribution is -2.17. The van der Waals surface area contributed by atoms with Crippen molar-refractivity contribution in [3.05, 3.63) is 71.4 Å². The first kappa shape index (κ1) is 18.0. The fourth-order valence-corrected chi connectivity index (χ4v) is 2.40.